The van der Waals surface area contributed by atoms with E-state index in [1.54, 1.807) is 4.90 Å². The van der Waals surface area contributed by atoms with Crippen molar-refractivity contribution in [3.05, 3.63) is 65.0 Å². The highest BCUT2D eigenvalue weighted by molar-refractivity contribution is 5.82. The number of carboxylic acids is 1. The predicted molar refractivity (Wildman–Crippen MR) is 135 cm³/mol. The number of aliphatic hydroxyl groups is 1. The van der Waals surface area contributed by atoms with Crippen LogP contribution in [0, 0.1) is 5.92 Å². The van der Waals surface area contributed by atoms with Gasteiger partial charge < -0.3 is 24.4 Å². The Kier molecular flexibility index (Phi) is 6.71. The molecule has 0 unspecified atom stereocenters. The largest absolute Gasteiger partial charge is 0.481 e. The molecule has 8 heteroatoms. The van der Waals surface area contributed by atoms with Gasteiger partial charge in [0, 0.05) is 18.0 Å². The standard InChI is InChI=1S/C28H33N3O5/c1-17(25(32)19-6-4-3-5-7-19)31-23-13-12-18-14-15-30(28(35)36-2)16-22(18)24(23)29-26(31)20-8-10-21(11-9-20)27(33)34/h3-7,12-13,17,20-21,25,32H,8-11,14-16H2,1-2H3,(H,33,34)/t17-,20?,21?,25-/m1/s1. The molecule has 2 heterocycles. The summed E-state index contributed by atoms with van der Waals surface area (Å²) in [6, 6.07) is 13.5. The third kappa shape index (κ3) is 4.34. The Hall–Kier alpha value is -3.39. The first-order chi connectivity index (χ1) is 17.4. The lowest BCUT2D eigenvalue weighted by Crippen LogP contribution is -2.35. The summed E-state index contributed by atoms with van der Waals surface area (Å²) >= 11 is 0. The Morgan fingerprint density at radius 1 is 1.08 bits per heavy atom. The van der Waals surface area contributed by atoms with Crippen molar-refractivity contribution in [1.82, 2.24) is 14.5 Å². The number of methoxy groups -OCH3 is 1. The van der Waals surface area contributed by atoms with Gasteiger partial charge >= 0.3 is 12.1 Å². The predicted octanol–water partition coefficient (Wildman–Crippen LogP) is 4.81. The van der Waals surface area contributed by atoms with E-state index in [1.165, 1.54) is 12.7 Å². The van der Waals surface area contributed by atoms with Gasteiger partial charge in [0.05, 0.1) is 42.8 Å². The maximum absolute atomic E-state index is 12.3. The van der Waals surface area contributed by atoms with Gasteiger partial charge in [0.2, 0.25) is 0 Å². The van der Waals surface area contributed by atoms with Crippen LogP contribution >= 0.6 is 0 Å². The minimum atomic E-state index is -0.736. The van der Waals surface area contributed by atoms with Gasteiger partial charge in [0.1, 0.15) is 5.82 Å². The van der Waals surface area contributed by atoms with Crippen LogP contribution in [0.15, 0.2) is 42.5 Å². The van der Waals surface area contributed by atoms with Gasteiger partial charge in [-0.15, -0.1) is 0 Å². The van der Waals surface area contributed by atoms with Crippen molar-refractivity contribution in [3.63, 3.8) is 0 Å². The molecule has 0 spiro atoms. The summed E-state index contributed by atoms with van der Waals surface area (Å²) in [6.07, 6.45) is 2.36. The zero-order chi connectivity index (χ0) is 25.4. The molecule has 1 saturated carbocycles. The number of carbonyl (C=O) groups is 2. The zero-order valence-electron chi connectivity index (χ0n) is 20.8. The highest BCUT2D eigenvalue weighted by Crippen LogP contribution is 2.41. The molecular formula is C28H33N3O5. The first kappa shape index (κ1) is 24.3. The van der Waals surface area contributed by atoms with E-state index >= 15 is 0 Å². The molecule has 2 aliphatic rings. The Labute approximate surface area is 210 Å². The molecule has 0 radical (unpaired) electrons. The van der Waals surface area contributed by atoms with Crippen LogP contribution in [-0.2, 0) is 22.5 Å². The van der Waals surface area contributed by atoms with E-state index < -0.39 is 12.1 Å². The van der Waals surface area contributed by atoms with Gasteiger partial charge in [-0.05, 0) is 56.2 Å². The molecule has 2 N–H and O–H groups in total. The third-order valence-electron chi connectivity index (χ3n) is 7.97. The fraction of sp³-hybridized carbons (Fsp3) is 0.464. The lowest BCUT2D eigenvalue weighted by molar-refractivity contribution is -0.142. The summed E-state index contributed by atoms with van der Waals surface area (Å²) in [7, 11) is 1.39. The Morgan fingerprint density at radius 3 is 2.47 bits per heavy atom. The lowest BCUT2D eigenvalue weighted by atomic mass is 9.81. The van der Waals surface area contributed by atoms with Crippen molar-refractivity contribution in [2.24, 2.45) is 5.92 Å². The molecule has 1 fully saturated rings. The van der Waals surface area contributed by atoms with Gasteiger partial charge in [-0.2, -0.15) is 0 Å². The molecule has 36 heavy (non-hydrogen) atoms. The van der Waals surface area contributed by atoms with Crippen molar-refractivity contribution in [3.8, 4) is 0 Å². The summed E-state index contributed by atoms with van der Waals surface area (Å²) in [5.74, 6) is -0.0473. The van der Waals surface area contributed by atoms with Gasteiger partial charge in [-0.25, -0.2) is 9.78 Å². The quantitative estimate of drug-likeness (QED) is 0.531. The van der Waals surface area contributed by atoms with Crippen molar-refractivity contribution >= 4 is 23.1 Å². The number of aliphatic carboxylic acids is 1. The van der Waals surface area contributed by atoms with Crippen LogP contribution < -0.4 is 0 Å². The van der Waals surface area contributed by atoms with E-state index in [0.29, 0.717) is 25.9 Å². The molecule has 2 aromatic carbocycles. The number of benzene rings is 2. The van der Waals surface area contributed by atoms with Crippen LogP contribution in [0.4, 0.5) is 4.79 Å². The summed E-state index contributed by atoms with van der Waals surface area (Å²) in [4.78, 5) is 30.7. The maximum atomic E-state index is 12.3. The summed E-state index contributed by atoms with van der Waals surface area (Å²) < 4.78 is 7.12. The number of fused-ring (bicyclic) bond motifs is 3. The van der Waals surface area contributed by atoms with Crippen molar-refractivity contribution in [2.75, 3.05) is 13.7 Å². The van der Waals surface area contributed by atoms with Crippen LogP contribution in [0.1, 0.15) is 73.2 Å². The molecule has 1 aliphatic carbocycles. The highest BCUT2D eigenvalue weighted by atomic mass is 16.5. The zero-order valence-corrected chi connectivity index (χ0v) is 20.8. The molecule has 1 amide bonds. The van der Waals surface area contributed by atoms with Gasteiger partial charge in [-0.3, -0.25) is 4.79 Å². The van der Waals surface area contributed by atoms with Crippen LogP contribution in [0.3, 0.4) is 0 Å². The molecular weight excluding hydrogens is 458 g/mol. The maximum Gasteiger partial charge on any atom is 0.409 e. The number of nitrogens with zero attached hydrogens (tertiary/aromatic N) is 3. The Bertz CT molecular complexity index is 1260. The average molecular weight is 492 g/mol. The number of aliphatic hydroxyl groups excluding tert-OH is 1. The number of hydrogen-bond acceptors (Lipinski definition) is 5. The number of hydrogen-bond donors (Lipinski definition) is 2. The molecule has 1 aliphatic heterocycles. The van der Waals surface area contributed by atoms with Crippen LogP contribution in [0.2, 0.25) is 0 Å². The van der Waals surface area contributed by atoms with Crippen LogP contribution in [-0.4, -0.2) is 50.4 Å². The summed E-state index contributed by atoms with van der Waals surface area (Å²) in [6.45, 7) is 3.03. The Morgan fingerprint density at radius 2 is 1.81 bits per heavy atom. The minimum Gasteiger partial charge on any atom is -0.481 e. The molecule has 2 atom stereocenters. The molecule has 0 saturated heterocycles. The molecule has 5 rings (SSSR count). The number of amides is 1. The Balaban J connectivity index is 1.60. The first-order valence-corrected chi connectivity index (χ1v) is 12.7. The van der Waals surface area contributed by atoms with Crippen molar-refractivity contribution < 1.29 is 24.5 Å². The lowest BCUT2D eigenvalue weighted by Gasteiger charge is -2.30. The van der Waals surface area contributed by atoms with Gasteiger partial charge in [-0.1, -0.05) is 36.4 Å². The highest BCUT2D eigenvalue weighted by Gasteiger charge is 2.34. The normalized spacial score (nSPS) is 21.6. The third-order valence-corrected chi connectivity index (χ3v) is 7.97. The summed E-state index contributed by atoms with van der Waals surface area (Å²) in [5.41, 5.74) is 4.80. The van der Waals surface area contributed by atoms with Gasteiger partial charge in [0.25, 0.3) is 0 Å². The van der Waals surface area contributed by atoms with Crippen molar-refractivity contribution in [1.29, 1.82) is 0 Å². The molecule has 190 valence electrons. The van der Waals surface area contributed by atoms with E-state index in [9.17, 15) is 19.8 Å². The topological polar surface area (TPSA) is 105 Å². The average Bonchev–Trinajstić information content (AvgIpc) is 3.32. The molecule has 3 aromatic rings. The number of carboxylic acid groups (broad SMARTS) is 1. The van der Waals surface area contributed by atoms with E-state index in [0.717, 1.165) is 47.2 Å². The smallest absolute Gasteiger partial charge is 0.409 e. The van der Waals surface area contributed by atoms with Gasteiger partial charge in [0.15, 0.2) is 0 Å². The molecule has 0 bridgehead atoms. The second-order valence-electron chi connectivity index (χ2n) is 10.0. The van der Waals surface area contributed by atoms with E-state index in [2.05, 4.69) is 16.7 Å². The van der Waals surface area contributed by atoms with E-state index in [-0.39, 0.29) is 24.0 Å². The van der Waals surface area contributed by atoms with Crippen molar-refractivity contribution in [2.45, 2.75) is 63.6 Å². The number of carbonyl (C=O) groups excluding carboxylic acids is 1. The summed E-state index contributed by atoms with van der Waals surface area (Å²) in [5, 5.41) is 20.8. The van der Waals surface area contributed by atoms with E-state index in [1.807, 2.05) is 37.3 Å². The minimum absolute atomic E-state index is 0.106. The number of ether oxygens (including phenoxy) is 1. The SMILES string of the molecule is COC(=O)N1CCc2ccc3c(nc(C4CCC(C(=O)O)CC4)n3[C@H](C)[C@@H](O)c3ccccc3)c2C1. The molecule has 8 nitrogen and oxygen atoms in total. The number of aromatic nitrogens is 2. The fourth-order valence-corrected chi connectivity index (χ4v) is 5.88. The number of rotatable bonds is 5. The second kappa shape index (κ2) is 9.93. The number of imidazole rings is 1. The molecule has 1 aromatic heterocycles. The van der Waals surface area contributed by atoms with E-state index in [4.69, 9.17) is 9.72 Å². The van der Waals surface area contributed by atoms with Crippen LogP contribution in [0.5, 0.6) is 0 Å². The fourth-order valence-electron chi connectivity index (χ4n) is 5.88. The first-order valence-electron chi connectivity index (χ1n) is 12.7. The second-order valence-corrected chi connectivity index (χ2v) is 10.0. The van der Waals surface area contributed by atoms with Crippen LogP contribution in [0.25, 0.3) is 11.0 Å². The monoisotopic (exact) mass is 491 g/mol.